The smallest absolute Gasteiger partial charge is 0.253 e. The van der Waals surface area contributed by atoms with Crippen LogP contribution < -0.4 is 4.74 Å². The van der Waals surface area contributed by atoms with Crippen molar-refractivity contribution in [2.75, 3.05) is 32.8 Å². The molecular formula is C27H31N3O2. The highest BCUT2D eigenvalue weighted by molar-refractivity contribution is 5.94. The summed E-state index contributed by atoms with van der Waals surface area (Å²) in [6.07, 6.45) is 7.35. The fraction of sp³-hybridized carbons (Fsp3) is 0.481. The quantitative estimate of drug-likeness (QED) is 0.720. The lowest BCUT2D eigenvalue weighted by atomic mass is 9.91. The van der Waals surface area contributed by atoms with Gasteiger partial charge in [0, 0.05) is 43.7 Å². The summed E-state index contributed by atoms with van der Waals surface area (Å²) in [7, 11) is 0. The molecule has 2 fully saturated rings. The first-order chi connectivity index (χ1) is 15.7. The first kappa shape index (κ1) is 21.0. The summed E-state index contributed by atoms with van der Waals surface area (Å²) in [5.74, 6) is 1.35. The standard InChI is InChI=1S/C27H31N3O2/c28-17-20-4-6-23(7-5-20)27(31)30-13-10-21(18-30)19-32-26-9-8-22-11-14-29(25-2-1-3-25)15-12-24(22)16-26/h4-9,16,21,25H,1-3,10-15,18-19H2/t21-/m0/s1. The fourth-order valence-electron chi connectivity index (χ4n) is 5.16. The van der Waals surface area contributed by atoms with Gasteiger partial charge in [0.15, 0.2) is 0 Å². The number of ether oxygens (including phenoxy) is 1. The van der Waals surface area contributed by atoms with Gasteiger partial charge in [-0.3, -0.25) is 9.69 Å². The number of carbonyl (C=O) groups is 1. The lowest BCUT2D eigenvalue weighted by molar-refractivity contribution is 0.0783. The normalized spacial score (nSPS) is 21.3. The van der Waals surface area contributed by atoms with Crippen molar-refractivity contribution in [1.29, 1.82) is 5.26 Å². The molecule has 0 radical (unpaired) electrons. The van der Waals surface area contributed by atoms with Crippen LogP contribution in [0, 0.1) is 17.2 Å². The minimum absolute atomic E-state index is 0.0398. The molecule has 32 heavy (non-hydrogen) atoms. The van der Waals surface area contributed by atoms with E-state index in [0.29, 0.717) is 23.7 Å². The molecule has 1 atom stereocenters. The van der Waals surface area contributed by atoms with Crippen LogP contribution in [0.15, 0.2) is 42.5 Å². The number of rotatable bonds is 5. The molecule has 5 rings (SSSR count). The molecule has 0 unspecified atom stereocenters. The topological polar surface area (TPSA) is 56.6 Å². The molecule has 1 amide bonds. The van der Waals surface area contributed by atoms with Gasteiger partial charge >= 0.3 is 0 Å². The molecule has 2 heterocycles. The van der Waals surface area contributed by atoms with E-state index in [2.05, 4.69) is 29.2 Å². The zero-order valence-corrected chi connectivity index (χ0v) is 18.6. The van der Waals surface area contributed by atoms with Crippen molar-refractivity contribution in [3.05, 3.63) is 64.7 Å². The summed E-state index contributed by atoms with van der Waals surface area (Å²) in [6, 6.07) is 16.4. The molecule has 3 aliphatic rings. The Morgan fingerprint density at radius 2 is 1.78 bits per heavy atom. The number of carbonyl (C=O) groups excluding carboxylic acids is 1. The molecule has 0 bridgehead atoms. The Bertz CT molecular complexity index is 1010. The molecule has 1 saturated heterocycles. The number of likely N-dealkylation sites (tertiary alicyclic amines) is 1. The zero-order valence-electron chi connectivity index (χ0n) is 18.6. The van der Waals surface area contributed by atoms with E-state index in [4.69, 9.17) is 10.00 Å². The molecule has 5 nitrogen and oxygen atoms in total. The SMILES string of the molecule is N#Cc1ccc(C(=O)N2CC[C@H](COc3ccc4c(c3)CCN(C3CCC3)CC4)C2)cc1. The summed E-state index contributed by atoms with van der Waals surface area (Å²) >= 11 is 0. The minimum Gasteiger partial charge on any atom is -0.493 e. The van der Waals surface area contributed by atoms with Crippen molar-refractivity contribution < 1.29 is 9.53 Å². The second-order valence-electron chi connectivity index (χ2n) is 9.46. The van der Waals surface area contributed by atoms with Gasteiger partial charge in [0.25, 0.3) is 5.91 Å². The van der Waals surface area contributed by atoms with Gasteiger partial charge < -0.3 is 9.64 Å². The van der Waals surface area contributed by atoms with Crippen molar-refractivity contribution >= 4 is 5.91 Å². The second kappa shape index (κ2) is 9.34. The highest BCUT2D eigenvalue weighted by Crippen LogP contribution is 2.29. The van der Waals surface area contributed by atoms with Crippen LogP contribution in [0.5, 0.6) is 5.75 Å². The molecule has 2 aliphatic heterocycles. The largest absolute Gasteiger partial charge is 0.493 e. The maximum atomic E-state index is 12.8. The number of amides is 1. The molecule has 1 saturated carbocycles. The lowest BCUT2D eigenvalue weighted by Gasteiger charge is -2.36. The average molecular weight is 430 g/mol. The monoisotopic (exact) mass is 429 g/mol. The van der Waals surface area contributed by atoms with Gasteiger partial charge in [-0.25, -0.2) is 0 Å². The van der Waals surface area contributed by atoms with Gasteiger partial charge in [0.05, 0.1) is 18.2 Å². The third-order valence-electron chi connectivity index (χ3n) is 7.43. The molecule has 2 aromatic rings. The number of nitrogens with zero attached hydrogens (tertiary/aromatic N) is 3. The number of fused-ring (bicyclic) bond motifs is 1. The molecule has 0 aromatic heterocycles. The maximum Gasteiger partial charge on any atom is 0.253 e. The molecule has 0 spiro atoms. The minimum atomic E-state index is 0.0398. The average Bonchev–Trinajstić information content (AvgIpc) is 3.18. The summed E-state index contributed by atoms with van der Waals surface area (Å²) in [4.78, 5) is 17.3. The van der Waals surface area contributed by atoms with Crippen LogP contribution in [0.3, 0.4) is 0 Å². The van der Waals surface area contributed by atoms with E-state index in [1.807, 2.05) is 4.90 Å². The Balaban J connectivity index is 1.13. The predicted octanol–water partition coefficient (Wildman–Crippen LogP) is 4.05. The van der Waals surface area contributed by atoms with Gasteiger partial charge in [-0.05, 0) is 79.6 Å². The summed E-state index contributed by atoms with van der Waals surface area (Å²) in [5, 5.41) is 8.93. The van der Waals surface area contributed by atoms with Crippen LogP contribution >= 0.6 is 0 Å². The number of hydrogen-bond donors (Lipinski definition) is 0. The van der Waals surface area contributed by atoms with Crippen LogP contribution in [0.2, 0.25) is 0 Å². The van der Waals surface area contributed by atoms with E-state index in [0.717, 1.165) is 50.7 Å². The van der Waals surface area contributed by atoms with E-state index in [9.17, 15) is 4.79 Å². The van der Waals surface area contributed by atoms with Crippen LogP contribution in [-0.2, 0) is 12.8 Å². The van der Waals surface area contributed by atoms with E-state index in [-0.39, 0.29) is 5.91 Å². The molecule has 166 valence electrons. The Morgan fingerprint density at radius 3 is 2.50 bits per heavy atom. The fourth-order valence-corrected chi connectivity index (χ4v) is 5.16. The molecule has 0 N–H and O–H groups in total. The zero-order chi connectivity index (χ0) is 21.9. The van der Waals surface area contributed by atoms with Crippen molar-refractivity contribution in [3.63, 3.8) is 0 Å². The highest BCUT2D eigenvalue weighted by Gasteiger charge is 2.28. The molecular weight excluding hydrogens is 398 g/mol. The Kier molecular flexibility index (Phi) is 6.14. The van der Waals surface area contributed by atoms with Crippen LogP contribution in [0.1, 0.15) is 52.7 Å². The predicted molar refractivity (Wildman–Crippen MR) is 124 cm³/mol. The van der Waals surface area contributed by atoms with E-state index >= 15 is 0 Å². The number of nitriles is 1. The molecule has 2 aromatic carbocycles. The first-order valence-electron chi connectivity index (χ1n) is 12.0. The van der Waals surface area contributed by atoms with E-state index in [1.165, 1.54) is 36.9 Å². The van der Waals surface area contributed by atoms with Gasteiger partial charge in [-0.1, -0.05) is 12.5 Å². The number of hydrogen-bond acceptors (Lipinski definition) is 4. The Morgan fingerprint density at radius 1 is 1.00 bits per heavy atom. The Labute approximate surface area is 190 Å². The lowest BCUT2D eigenvalue weighted by Crippen LogP contribution is -2.41. The van der Waals surface area contributed by atoms with Crippen LogP contribution in [-0.4, -0.2) is 54.5 Å². The van der Waals surface area contributed by atoms with Crippen molar-refractivity contribution in [2.45, 2.75) is 44.6 Å². The highest BCUT2D eigenvalue weighted by atomic mass is 16.5. The third kappa shape index (κ3) is 4.52. The third-order valence-corrected chi connectivity index (χ3v) is 7.43. The molecule has 5 heteroatoms. The second-order valence-corrected chi connectivity index (χ2v) is 9.46. The van der Waals surface area contributed by atoms with Gasteiger partial charge in [-0.2, -0.15) is 5.26 Å². The summed E-state index contributed by atoms with van der Waals surface area (Å²) in [6.45, 7) is 4.47. The maximum absolute atomic E-state index is 12.8. The summed E-state index contributed by atoms with van der Waals surface area (Å²) in [5.41, 5.74) is 4.13. The van der Waals surface area contributed by atoms with E-state index in [1.54, 1.807) is 24.3 Å². The van der Waals surface area contributed by atoms with Gasteiger partial charge in [0.2, 0.25) is 0 Å². The Hall–Kier alpha value is -2.84. The van der Waals surface area contributed by atoms with Crippen LogP contribution in [0.25, 0.3) is 0 Å². The summed E-state index contributed by atoms with van der Waals surface area (Å²) < 4.78 is 6.18. The van der Waals surface area contributed by atoms with Gasteiger partial charge in [-0.15, -0.1) is 0 Å². The van der Waals surface area contributed by atoms with E-state index < -0.39 is 0 Å². The van der Waals surface area contributed by atoms with Crippen molar-refractivity contribution in [2.24, 2.45) is 5.92 Å². The molecule has 1 aliphatic carbocycles. The van der Waals surface area contributed by atoms with Crippen LogP contribution in [0.4, 0.5) is 0 Å². The number of benzene rings is 2. The van der Waals surface area contributed by atoms with Gasteiger partial charge in [0.1, 0.15) is 5.75 Å². The van der Waals surface area contributed by atoms with Crippen molar-refractivity contribution in [1.82, 2.24) is 9.80 Å². The first-order valence-corrected chi connectivity index (χ1v) is 12.0. The van der Waals surface area contributed by atoms with Crippen molar-refractivity contribution in [3.8, 4) is 11.8 Å².